The molecular formula is C15H24N2O3. The number of carbonyl (C=O) groups is 2. The Hall–Kier alpha value is -1.10. The second-order valence-corrected chi connectivity index (χ2v) is 6.69. The van der Waals surface area contributed by atoms with Crippen LogP contribution in [0.15, 0.2) is 0 Å². The maximum absolute atomic E-state index is 12.9. The van der Waals surface area contributed by atoms with E-state index in [0.717, 1.165) is 45.1 Å². The van der Waals surface area contributed by atoms with E-state index in [1.807, 2.05) is 7.05 Å². The van der Waals surface area contributed by atoms with Gasteiger partial charge in [0, 0.05) is 6.54 Å². The summed E-state index contributed by atoms with van der Waals surface area (Å²) in [5.74, 6) is -0.252. The molecule has 20 heavy (non-hydrogen) atoms. The topological polar surface area (TPSA) is 60.9 Å². The number of rotatable bonds is 4. The maximum atomic E-state index is 12.9. The maximum Gasteiger partial charge on any atom is 0.326 e. The summed E-state index contributed by atoms with van der Waals surface area (Å²) in [5.41, 5.74) is -0.407. The first-order valence-electron chi connectivity index (χ1n) is 7.80. The van der Waals surface area contributed by atoms with E-state index < -0.39 is 17.6 Å². The summed E-state index contributed by atoms with van der Waals surface area (Å²) in [6, 6.07) is -0.607. The van der Waals surface area contributed by atoms with Gasteiger partial charge in [-0.25, -0.2) is 4.79 Å². The van der Waals surface area contributed by atoms with E-state index in [0.29, 0.717) is 18.9 Å². The van der Waals surface area contributed by atoms with Crippen LogP contribution in [0.2, 0.25) is 0 Å². The lowest BCUT2D eigenvalue weighted by Crippen LogP contribution is -2.56. The van der Waals surface area contributed by atoms with Gasteiger partial charge in [-0.2, -0.15) is 0 Å². The van der Waals surface area contributed by atoms with E-state index in [1.165, 1.54) is 0 Å². The molecule has 2 saturated heterocycles. The quantitative estimate of drug-likeness (QED) is 0.844. The Balaban J connectivity index is 1.77. The van der Waals surface area contributed by atoms with Crippen LogP contribution in [0.5, 0.6) is 0 Å². The molecule has 0 radical (unpaired) electrons. The van der Waals surface area contributed by atoms with Gasteiger partial charge in [-0.3, -0.25) is 9.69 Å². The highest BCUT2D eigenvalue weighted by Gasteiger charge is 2.53. The Morgan fingerprint density at radius 2 is 2.10 bits per heavy atom. The molecule has 0 aromatic rings. The highest BCUT2D eigenvalue weighted by atomic mass is 16.4. The number of likely N-dealkylation sites (N-methyl/N-ethyl adjacent to an activating group) is 1. The molecule has 0 aromatic heterocycles. The Morgan fingerprint density at radius 1 is 1.35 bits per heavy atom. The van der Waals surface area contributed by atoms with Crippen LogP contribution in [0.4, 0.5) is 0 Å². The molecule has 1 saturated carbocycles. The van der Waals surface area contributed by atoms with Gasteiger partial charge in [0.15, 0.2) is 0 Å². The minimum Gasteiger partial charge on any atom is -0.480 e. The lowest BCUT2D eigenvalue weighted by atomic mass is 9.85. The average Bonchev–Trinajstić information content (AvgIpc) is 3.18. The molecule has 2 aliphatic heterocycles. The van der Waals surface area contributed by atoms with E-state index in [-0.39, 0.29) is 5.91 Å². The van der Waals surface area contributed by atoms with E-state index in [2.05, 4.69) is 4.90 Å². The largest absolute Gasteiger partial charge is 0.480 e. The number of carboxylic acids is 1. The van der Waals surface area contributed by atoms with Crippen molar-refractivity contribution in [3.05, 3.63) is 0 Å². The van der Waals surface area contributed by atoms with Gasteiger partial charge in [-0.05, 0) is 51.6 Å². The number of likely N-dealkylation sites (tertiary alicyclic amines) is 2. The second kappa shape index (κ2) is 5.02. The van der Waals surface area contributed by atoms with Crippen LogP contribution in [-0.2, 0) is 9.59 Å². The van der Waals surface area contributed by atoms with Crippen LogP contribution in [0.3, 0.4) is 0 Å². The fraction of sp³-hybridized carbons (Fsp3) is 0.867. The molecule has 0 aromatic carbocycles. The number of nitrogens with zero attached hydrogens (tertiary/aromatic N) is 2. The molecule has 2 heterocycles. The first-order chi connectivity index (χ1) is 9.54. The van der Waals surface area contributed by atoms with Crippen LogP contribution in [0.25, 0.3) is 0 Å². The summed E-state index contributed by atoms with van der Waals surface area (Å²) in [6.45, 7) is 1.55. The number of hydrogen-bond acceptors (Lipinski definition) is 3. The molecule has 0 bridgehead atoms. The lowest BCUT2D eigenvalue weighted by molar-refractivity contribution is -0.152. The average molecular weight is 280 g/mol. The highest BCUT2D eigenvalue weighted by molar-refractivity contribution is 5.92. The molecule has 3 fully saturated rings. The number of carbonyl (C=O) groups excluding carboxylic acids is 1. The molecule has 1 spiro atoms. The van der Waals surface area contributed by atoms with Crippen molar-refractivity contribution in [3.63, 3.8) is 0 Å². The number of carboxylic acid groups (broad SMARTS) is 1. The van der Waals surface area contributed by atoms with E-state index in [1.54, 1.807) is 4.90 Å². The molecule has 3 rings (SSSR count). The Labute approximate surface area is 119 Å². The van der Waals surface area contributed by atoms with Crippen LogP contribution in [-0.4, -0.2) is 58.5 Å². The molecule has 1 aliphatic carbocycles. The molecule has 1 unspecified atom stereocenters. The summed E-state index contributed by atoms with van der Waals surface area (Å²) >= 11 is 0. The predicted molar refractivity (Wildman–Crippen MR) is 74.3 cm³/mol. The minimum atomic E-state index is -0.833. The molecule has 5 nitrogen and oxygen atoms in total. The molecule has 5 heteroatoms. The predicted octanol–water partition coefficient (Wildman–Crippen LogP) is 1.33. The Bertz CT molecular complexity index is 421. The minimum absolute atomic E-state index is 0.0627. The van der Waals surface area contributed by atoms with Crippen molar-refractivity contribution in [2.24, 2.45) is 5.92 Å². The summed E-state index contributed by atoms with van der Waals surface area (Å²) in [6.07, 6.45) is 6.76. The molecule has 1 amide bonds. The van der Waals surface area contributed by atoms with Crippen molar-refractivity contribution >= 4 is 11.9 Å². The summed E-state index contributed by atoms with van der Waals surface area (Å²) in [7, 11) is 2.01. The molecule has 2 atom stereocenters. The van der Waals surface area contributed by atoms with Crippen molar-refractivity contribution in [2.75, 3.05) is 20.1 Å². The number of aliphatic carboxylic acids is 1. The molecule has 1 N–H and O–H groups in total. The first kappa shape index (κ1) is 13.9. The fourth-order valence-electron chi connectivity index (χ4n) is 3.87. The third-order valence-corrected chi connectivity index (χ3v) is 5.40. The lowest BCUT2D eigenvalue weighted by Gasteiger charge is -2.41. The van der Waals surface area contributed by atoms with E-state index in [9.17, 15) is 14.7 Å². The van der Waals surface area contributed by atoms with E-state index >= 15 is 0 Å². The van der Waals surface area contributed by atoms with Crippen molar-refractivity contribution < 1.29 is 14.7 Å². The van der Waals surface area contributed by atoms with Gasteiger partial charge in [0.25, 0.3) is 0 Å². The van der Waals surface area contributed by atoms with E-state index in [4.69, 9.17) is 0 Å². The van der Waals surface area contributed by atoms with Crippen LogP contribution >= 0.6 is 0 Å². The number of amides is 1. The van der Waals surface area contributed by atoms with Gasteiger partial charge in [-0.15, -0.1) is 0 Å². The summed E-state index contributed by atoms with van der Waals surface area (Å²) in [4.78, 5) is 28.2. The summed E-state index contributed by atoms with van der Waals surface area (Å²) in [5, 5.41) is 9.47. The normalized spacial score (nSPS) is 32.9. The van der Waals surface area contributed by atoms with Crippen LogP contribution < -0.4 is 0 Å². The standard InChI is InChI=1S/C15H24N2O3/c1-16-8-3-2-6-15(16)7-9-17(14(15)20)12(13(18)19)10-11-4-5-11/h11-12H,2-10H2,1H3,(H,18,19)/t12-,15?/m0/s1. The Morgan fingerprint density at radius 3 is 2.70 bits per heavy atom. The molecule has 112 valence electrons. The SMILES string of the molecule is CN1CCCCC12CCN([C@@H](CC1CC1)C(=O)O)C2=O. The fourth-order valence-corrected chi connectivity index (χ4v) is 3.87. The third-order valence-electron chi connectivity index (χ3n) is 5.40. The smallest absolute Gasteiger partial charge is 0.326 e. The number of hydrogen-bond donors (Lipinski definition) is 1. The summed E-state index contributed by atoms with van der Waals surface area (Å²) < 4.78 is 0. The zero-order valence-corrected chi connectivity index (χ0v) is 12.2. The monoisotopic (exact) mass is 280 g/mol. The van der Waals surface area contributed by atoms with Crippen LogP contribution in [0, 0.1) is 5.92 Å². The van der Waals surface area contributed by atoms with Crippen molar-refractivity contribution in [2.45, 2.75) is 56.5 Å². The van der Waals surface area contributed by atoms with Gasteiger partial charge in [0.05, 0.1) is 0 Å². The zero-order chi connectivity index (χ0) is 14.3. The van der Waals surface area contributed by atoms with Gasteiger partial charge in [0.2, 0.25) is 5.91 Å². The molecule has 3 aliphatic rings. The van der Waals surface area contributed by atoms with Crippen molar-refractivity contribution in [3.8, 4) is 0 Å². The van der Waals surface area contributed by atoms with Crippen molar-refractivity contribution in [1.82, 2.24) is 9.80 Å². The van der Waals surface area contributed by atoms with Gasteiger partial charge in [-0.1, -0.05) is 12.8 Å². The number of piperidine rings is 1. The zero-order valence-electron chi connectivity index (χ0n) is 12.2. The third kappa shape index (κ3) is 2.22. The van der Waals surface area contributed by atoms with Crippen molar-refractivity contribution in [1.29, 1.82) is 0 Å². The van der Waals surface area contributed by atoms with Gasteiger partial charge < -0.3 is 10.0 Å². The Kier molecular flexibility index (Phi) is 3.48. The highest BCUT2D eigenvalue weighted by Crippen LogP contribution is 2.40. The first-order valence-corrected chi connectivity index (χ1v) is 7.80. The second-order valence-electron chi connectivity index (χ2n) is 6.69. The van der Waals surface area contributed by atoms with Gasteiger partial charge >= 0.3 is 5.97 Å². The van der Waals surface area contributed by atoms with Crippen LogP contribution in [0.1, 0.15) is 44.9 Å². The van der Waals surface area contributed by atoms with Gasteiger partial charge in [0.1, 0.15) is 11.6 Å². The molecular weight excluding hydrogens is 256 g/mol.